The Morgan fingerprint density at radius 2 is 1.50 bits per heavy atom. The molecule has 1 atom stereocenters. The van der Waals surface area contributed by atoms with Gasteiger partial charge in [0.2, 0.25) is 0 Å². The van der Waals surface area contributed by atoms with Gasteiger partial charge in [-0.1, -0.05) is 87.9 Å². The summed E-state index contributed by atoms with van der Waals surface area (Å²) >= 11 is 0. The topological polar surface area (TPSA) is 55.8 Å². The minimum atomic E-state index is -0.949. The second-order valence-electron chi connectivity index (χ2n) is 7.68. The van der Waals surface area contributed by atoms with Gasteiger partial charge in [-0.05, 0) is 37.0 Å². The number of carbonyl (C=O) groups is 1. The highest BCUT2D eigenvalue weighted by molar-refractivity contribution is 5.90. The second kappa shape index (κ2) is 14.6. The van der Waals surface area contributed by atoms with Crippen LogP contribution in [0, 0.1) is 0 Å². The quantitative estimate of drug-likeness (QED) is 0.300. The average molecular weight is 413 g/mol. The van der Waals surface area contributed by atoms with Crippen molar-refractivity contribution in [2.45, 2.75) is 70.8 Å². The van der Waals surface area contributed by atoms with Gasteiger partial charge in [-0.3, -0.25) is 0 Å². The van der Waals surface area contributed by atoms with Gasteiger partial charge in [0.25, 0.3) is 0 Å². The van der Waals surface area contributed by atoms with Gasteiger partial charge in [-0.2, -0.15) is 0 Å². The van der Waals surface area contributed by atoms with Crippen LogP contribution < -0.4 is 4.74 Å². The van der Waals surface area contributed by atoms with Gasteiger partial charge < -0.3 is 14.6 Å². The molecule has 4 nitrogen and oxygen atoms in total. The molecule has 0 saturated carbocycles. The number of hydrogen-bond acceptors (Lipinski definition) is 3. The molecule has 1 N–H and O–H groups in total. The first-order valence-electron chi connectivity index (χ1n) is 11.3. The molecule has 1 unspecified atom stereocenters. The number of carboxylic acids is 1. The Labute approximate surface area is 181 Å². The van der Waals surface area contributed by atoms with E-state index in [1.54, 1.807) is 24.3 Å². The Morgan fingerprint density at radius 3 is 2.27 bits per heavy atom. The first-order valence-corrected chi connectivity index (χ1v) is 11.3. The SMILES string of the molecule is CCCCCOC(CCCCCCCOc1ccccc1C(=O)O)c1ccccc1. The first kappa shape index (κ1) is 23.9. The molecule has 4 heteroatoms. The molecular formula is C26H36O4. The number of rotatable bonds is 16. The van der Waals surface area contributed by atoms with Crippen LogP contribution in [0.25, 0.3) is 0 Å². The molecule has 2 aromatic rings. The zero-order chi connectivity index (χ0) is 21.4. The van der Waals surface area contributed by atoms with Gasteiger partial charge in [-0.15, -0.1) is 0 Å². The molecule has 0 amide bonds. The fourth-order valence-corrected chi connectivity index (χ4v) is 3.51. The summed E-state index contributed by atoms with van der Waals surface area (Å²) in [6, 6.07) is 17.4. The van der Waals surface area contributed by atoms with E-state index < -0.39 is 5.97 Å². The Morgan fingerprint density at radius 1 is 0.833 bits per heavy atom. The van der Waals surface area contributed by atoms with Gasteiger partial charge in [0.15, 0.2) is 0 Å². The zero-order valence-electron chi connectivity index (χ0n) is 18.2. The highest BCUT2D eigenvalue weighted by Gasteiger charge is 2.12. The number of hydrogen-bond donors (Lipinski definition) is 1. The molecule has 0 saturated heterocycles. The summed E-state index contributed by atoms with van der Waals surface area (Å²) in [6.45, 7) is 3.60. The van der Waals surface area contributed by atoms with E-state index in [1.807, 2.05) is 0 Å². The van der Waals surface area contributed by atoms with Crippen LogP contribution in [-0.4, -0.2) is 24.3 Å². The van der Waals surface area contributed by atoms with Crippen LogP contribution in [0.3, 0.4) is 0 Å². The molecule has 0 bridgehead atoms. The van der Waals surface area contributed by atoms with Crippen molar-refractivity contribution in [3.63, 3.8) is 0 Å². The molecule has 0 aliphatic heterocycles. The van der Waals surface area contributed by atoms with E-state index in [0.717, 1.165) is 45.1 Å². The number of para-hydroxylation sites is 1. The van der Waals surface area contributed by atoms with Crippen molar-refractivity contribution >= 4 is 5.97 Å². The Balaban J connectivity index is 1.62. The van der Waals surface area contributed by atoms with E-state index in [0.29, 0.717) is 12.4 Å². The maximum Gasteiger partial charge on any atom is 0.339 e. The van der Waals surface area contributed by atoms with E-state index in [-0.39, 0.29) is 11.7 Å². The predicted molar refractivity (Wildman–Crippen MR) is 121 cm³/mol. The molecule has 0 aliphatic carbocycles. The third kappa shape index (κ3) is 9.00. The number of carboxylic acid groups (broad SMARTS) is 1. The minimum absolute atomic E-state index is 0.193. The van der Waals surface area contributed by atoms with E-state index in [4.69, 9.17) is 9.47 Å². The molecule has 0 radical (unpaired) electrons. The molecule has 0 fully saturated rings. The smallest absolute Gasteiger partial charge is 0.339 e. The van der Waals surface area contributed by atoms with Gasteiger partial charge >= 0.3 is 5.97 Å². The lowest BCUT2D eigenvalue weighted by Crippen LogP contribution is -2.06. The highest BCUT2D eigenvalue weighted by atomic mass is 16.5. The van der Waals surface area contributed by atoms with Crippen molar-refractivity contribution in [3.05, 3.63) is 65.7 Å². The van der Waals surface area contributed by atoms with Crippen molar-refractivity contribution in [3.8, 4) is 5.75 Å². The van der Waals surface area contributed by atoms with Crippen LogP contribution in [0.5, 0.6) is 5.75 Å². The Hall–Kier alpha value is -2.33. The van der Waals surface area contributed by atoms with Crippen LogP contribution in [0.1, 0.15) is 86.7 Å². The summed E-state index contributed by atoms with van der Waals surface area (Å²) in [5.74, 6) is -0.494. The molecule has 2 rings (SSSR count). The van der Waals surface area contributed by atoms with Crippen molar-refractivity contribution in [2.24, 2.45) is 0 Å². The monoisotopic (exact) mass is 412 g/mol. The maximum atomic E-state index is 11.2. The molecule has 2 aromatic carbocycles. The van der Waals surface area contributed by atoms with Crippen LogP contribution >= 0.6 is 0 Å². The van der Waals surface area contributed by atoms with Gasteiger partial charge in [0, 0.05) is 6.61 Å². The van der Waals surface area contributed by atoms with E-state index >= 15 is 0 Å². The van der Waals surface area contributed by atoms with Crippen molar-refractivity contribution in [2.75, 3.05) is 13.2 Å². The van der Waals surface area contributed by atoms with E-state index in [1.165, 1.54) is 24.8 Å². The highest BCUT2D eigenvalue weighted by Crippen LogP contribution is 2.25. The number of aromatic carboxylic acids is 1. The molecule has 0 aliphatic rings. The van der Waals surface area contributed by atoms with Crippen LogP contribution in [0.15, 0.2) is 54.6 Å². The summed E-state index contributed by atoms with van der Waals surface area (Å²) in [6.07, 6.45) is 10.3. The van der Waals surface area contributed by atoms with Crippen molar-refractivity contribution < 1.29 is 19.4 Å². The summed E-state index contributed by atoms with van der Waals surface area (Å²) in [4.78, 5) is 11.2. The first-order chi connectivity index (χ1) is 14.7. The summed E-state index contributed by atoms with van der Waals surface area (Å²) in [7, 11) is 0. The molecule has 0 spiro atoms. The van der Waals surface area contributed by atoms with Gasteiger partial charge in [-0.25, -0.2) is 4.79 Å². The summed E-state index contributed by atoms with van der Waals surface area (Å²) in [5, 5.41) is 9.18. The zero-order valence-corrected chi connectivity index (χ0v) is 18.2. The molecule has 0 aromatic heterocycles. The lowest BCUT2D eigenvalue weighted by Gasteiger charge is -2.18. The van der Waals surface area contributed by atoms with Crippen molar-refractivity contribution in [1.82, 2.24) is 0 Å². The summed E-state index contributed by atoms with van der Waals surface area (Å²) < 4.78 is 11.9. The Kier molecular flexibility index (Phi) is 11.7. The lowest BCUT2D eigenvalue weighted by atomic mass is 10.0. The third-order valence-corrected chi connectivity index (χ3v) is 5.22. The molecule has 164 valence electrons. The fraction of sp³-hybridized carbons (Fsp3) is 0.500. The minimum Gasteiger partial charge on any atom is -0.493 e. The Bertz CT molecular complexity index is 714. The predicted octanol–water partition coefficient (Wildman–Crippen LogP) is 7.05. The van der Waals surface area contributed by atoms with Gasteiger partial charge in [0.1, 0.15) is 11.3 Å². The van der Waals surface area contributed by atoms with E-state index in [9.17, 15) is 9.90 Å². The standard InChI is InChI=1S/C26H36O4/c1-2-3-13-20-29-24(22-15-8-7-9-16-22)18-10-5-4-6-14-21-30-25-19-12-11-17-23(25)26(27)28/h7-9,11-12,15-17,19,24H,2-6,10,13-14,18,20-21H2,1H3,(H,27,28). The normalized spacial score (nSPS) is 11.9. The summed E-state index contributed by atoms with van der Waals surface area (Å²) in [5.41, 5.74) is 1.50. The van der Waals surface area contributed by atoms with Crippen LogP contribution in [0.4, 0.5) is 0 Å². The van der Waals surface area contributed by atoms with Crippen molar-refractivity contribution in [1.29, 1.82) is 0 Å². The van der Waals surface area contributed by atoms with E-state index in [2.05, 4.69) is 37.3 Å². The average Bonchev–Trinajstić information content (AvgIpc) is 2.77. The largest absolute Gasteiger partial charge is 0.493 e. The van der Waals surface area contributed by atoms with Crippen LogP contribution in [0.2, 0.25) is 0 Å². The maximum absolute atomic E-state index is 11.2. The second-order valence-corrected chi connectivity index (χ2v) is 7.68. The number of ether oxygens (including phenoxy) is 2. The lowest BCUT2D eigenvalue weighted by molar-refractivity contribution is 0.0423. The third-order valence-electron chi connectivity index (χ3n) is 5.22. The number of unbranched alkanes of at least 4 members (excludes halogenated alkanes) is 6. The molecular weight excluding hydrogens is 376 g/mol. The fourth-order valence-electron chi connectivity index (χ4n) is 3.51. The molecule has 30 heavy (non-hydrogen) atoms. The number of benzene rings is 2. The van der Waals surface area contributed by atoms with Crippen LogP contribution in [-0.2, 0) is 4.74 Å². The molecule has 0 heterocycles. The van der Waals surface area contributed by atoms with Gasteiger partial charge in [0.05, 0.1) is 12.7 Å².